The van der Waals surface area contributed by atoms with Crippen LogP contribution in [0.4, 0.5) is 24.5 Å². The fourth-order valence-corrected chi connectivity index (χ4v) is 4.64. The van der Waals surface area contributed by atoms with E-state index in [1.807, 2.05) is 13.0 Å². The van der Waals surface area contributed by atoms with E-state index in [-0.39, 0.29) is 21.2 Å². The fraction of sp³-hybridized carbons (Fsp3) is 0.174. The van der Waals surface area contributed by atoms with Gasteiger partial charge in [0.05, 0.1) is 26.9 Å². The first-order valence-corrected chi connectivity index (χ1v) is 11.5. The van der Waals surface area contributed by atoms with Crippen molar-refractivity contribution in [1.29, 1.82) is 0 Å². The van der Waals surface area contributed by atoms with Gasteiger partial charge < -0.3 is 5.32 Å². The summed E-state index contributed by atoms with van der Waals surface area (Å²) in [4.78, 5) is 12.6. The van der Waals surface area contributed by atoms with E-state index in [2.05, 4.69) is 10.0 Å². The zero-order valence-electron chi connectivity index (χ0n) is 17.8. The highest BCUT2D eigenvalue weighted by Crippen LogP contribution is 2.34. The lowest BCUT2D eigenvalue weighted by molar-refractivity contribution is -0.137. The molecule has 5 nitrogen and oxygen atoms in total. The third-order valence-electron chi connectivity index (χ3n) is 5.13. The Morgan fingerprint density at radius 2 is 1.61 bits per heavy atom. The number of alkyl halides is 3. The average Bonchev–Trinajstić information content (AvgIpc) is 2.72. The van der Waals surface area contributed by atoms with Crippen LogP contribution >= 0.6 is 11.6 Å². The Kier molecular flexibility index (Phi) is 6.76. The van der Waals surface area contributed by atoms with E-state index in [1.165, 1.54) is 18.2 Å². The van der Waals surface area contributed by atoms with Crippen molar-refractivity contribution in [2.45, 2.75) is 31.8 Å². The average molecular weight is 497 g/mol. The summed E-state index contributed by atoms with van der Waals surface area (Å²) in [7, 11) is -4.05. The van der Waals surface area contributed by atoms with Gasteiger partial charge in [-0.05, 0) is 73.9 Å². The second kappa shape index (κ2) is 9.07. The molecule has 0 unspecified atom stereocenters. The molecule has 2 N–H and O–H groups in total. The van der Waals surface area contributed by atoms with Gasteiger partial charge in [-0.1, -0.05) is 29.8 Å². The summed E-state index contributed by atoms with van der Waals surface area (Å²) in [6.07, 6.45) is -4.62. The second-order valence-electron chi connectivity index (χ2n) is 7.48. The van der Waals surface area contributed by atoms with Crippen LogP contribution in [0.25, 0.3) is 0 Å². The Bertz CT molecular complexity index is 1340. The number of sulfonamides is 1. The topological polar surface area (TPSA) is 75.3 Å². The molecule has 0 saturated carbocycles. The molecule has 0 saturated heterocycles. The minimum absolute atomic E-state index is 0.0598. The Morgan fingerprint density at radius 1 is 0.909 bits per heavy atom. The maximum Gasteiger partial charge on any atom is 0.416 e. The zero-order chi connectivity index (χ0) is 24.6. The number of aryl methyl sites for hydroxylation is 2. The van der Waals surface area contributed by atoms with Crippen molar-refractivity contribution < 1.29 is 26.4 Å². The molecule has 0 aliphatic carbocycles. The quantitative estimate of drug-likeness (QED) is 0.433. The molecule has 0 heterocycles. The number of benzene rings is 3. The molecule has 0 fully saturated rings. The summed E-state index contributed by atoms with van der Waals surface area (Å²) in [5.74, 6) is -0.806. The maximum absolute atomic E-state index is 13.0. The van der Waals surface area contributed by atoms with Crippen molar-refractivity contribution in [1.82, 2.24) is 0 Å². The van der Waals surface area contributed by atoms with Crippen LogP contribution in [0.3, 0.4) is 0 Å². The van der Waals surface area contributed by atoms with E-state index < -0.39 is 27.7 Å². The highest BCUT2D eigenvalue weighted by atomic mass is 35.5. The van der Waals surface area contributed by atoms with Crippen molar-refractivity contribution in [3.63, 3.8) is 0 Å². The monoisotopic (exact) mass is 496 g/mol. The molecule has 0 atom stereocenters. The molecule has 3 aromatic rings. The maximum atomic E-state index is 13.0. The predicted molar refractivity (Wildman–Crippen MR) is 122 cm³/mol. The molecule has 174 valence electrons. The predicted octanol–water partition coefficient (Wildman–Crippen LogP) is 6.34. The Morgan fingerprint density at radius 3 is 2.27 bits per heavy atom. The largest absolute Gasteiger partial charge is 0.416 e. The van der Waals surface area contributed by atoms with Gasteiger partial charge in [0.1, 0.15) is 0 Å². The molecule has 10 heteroatoms. The van der Waals surface area contributed by atoms with Gasteiger partial charge in [0, 0.05) is 5.56 Å². The van der Waals surface area contributed by atoms with Crippen LogP contribution in [0.1, 0.15) is 32.6 Å². The molecule has 0 aromatic heterocycles. The van der Waals surface area contributed by atoms with Crippen LogP contribution in [0, 0.1) is 20.8 Å². The van der Waals surface area contributed by atoms with Crippen LogP contribution in [-0.2, 0) is 16.2 Å². The summed E-state index contributed by atoms with van der Waals surface area (Å²) in [6.45, 7) is 5.20. The van der Waals surface area contributed by atoms with Crippen molar-refractivity contribution in [2.24, 2.45) is 0 Å². The lowest BCUT2D eigenvalue weighted by Crippen LogP contribution is -2.18. The Labute approximate surface area is 194 Å². The van der Waals surface area contributed by atoms with Gasteiger partial charge in [0.25, 0.3) is 15.9 Å². The van der Waals surface area contributed by atoms with Gasteiger partial charge >= 0.3 is 6.18 Å². The summed E-state index contributed by atoms with van der Waals surface area (Å²) in [5, 5.41) is 2.23. The first-order chi connectivity index (χ1) is 15.3. The first kappa shape index (κ1) is 24.6. The van der Waals surface area contributed by atoms with Gasteiger partial charge in [-0.15, -0.1) is 0 Å². The zero-order valence-corrected chi connectivity index (χ0v) is 19.4. The summed E-state index contributed by atoms with van der Waals surface area (Å²) in [5.41, 5.74) is 1.17. The van der Waals surface area contributed by atoms with Crippen LogP contribution in [-0.4, -0.2) is 14.3 Å². The number of nitrogens with one attached hydrogen (secondary N) is 2. The van der Waals surface area contributed by atoms with E-state index in [0.717, 1.165) is 23.3 Å². The molecule has 0 aliphatic heterocycles. The summed E-state index contributed by atoms with van der Waals surface area (Å²) in [6, 6.07) is 11.7. The number of rotatable bonds is 5. The standard InChI is InChI=1S/C23H20ClF3N2O3S/c1-13-5-4-6-19(15(13)3)29-33(31,32)21-11-16(8-7-14(21)2)22(30)28-20-12-17(23(25,26)27)9-10-18(20)24/h4-12,29H,1-3H3,(H,28,30). The number of carbonyl (C=O) groups is 1. The number of anilines is 2. The van der Waals surface area contributed by atoms with Gasteiger partial charge in [-0.3, -0.25) is 9.52 Å². The van der Waals surface area contributed by atoms with Crippen molar-refractivity contribution >= 4 is 38.9 Å². The van der Waals surface area contributed by atoms with E-state index in [1.54, 1.807) is 26.0 Å². The lowest BCUT2D eigenvalue weighted by Gasteiger charge is -2.15. The molecule has 0 radical (unpaired) electrons. The molecule has 0 spiro atoms. The van der Waals surface area contributed by atoms with Crippen LogP contribution in [0.2, 0.25) is 5.02 Å². The second-order valence-corrected chi connectivity index (χ2v) is 9.54. The Balaban J connectivity index is 1.93. The number of halogens is 4. The summed E-state index contributed by atoms with van der Waals surface area (Å²) >= 11 is 5.94. The van der Waals surface area contributed by atoms with Crippen LogP contribution in [0.5, 0.6) is 0 Å². The number of hydrogen-bond donors (Lipinski definition) is 2. The molecular formula is C23H20ClF3N2O3S. The van der Waals surface area contributed by atoms with E-state index in [4.69, 9.17) is 11.6 Å². The normalized spacial score (nSPS) is 11.8. The molecule has 0 aliphatic rings. The lowest BCUT2D eigenvalue weighted by atomic mass is 10.1. The molecule has 3 aromatic carbocycles. The minimum Gasteiger partial charge on any atom is -0.321 e. The Hall–Kier alpha value is -3.04. The highest BCUT2D eigenvalue weighted by Gasteiger charge is 2.31. The third kappa shape index (κ3) is 5.48. The first-order valence-electron chi connectivity index (χ1n) is 9.67. The molecule has 33 heavy (non-hydrogen) atoms. The smallest absolute Gasteiger partial charge is 0.321 e. The van der Waals surface area contributed by atoms with Gasteiger partial charge in [-0.25, -0.2) is 8.42 Å². The van der Waals surface area contributed by atoms with Crippen molar-refractivity contribution in [3.05, 3.63) is 87.4 Å². The van der Waals surface area contributed by atoms with Gasteiger partial charge in [-0.2, -0.15) is 13.2 Å². The molecule has 0 bridgehead atoms. The van der Waals surface area contributed by atoms with Crippen molar-refractivity contribution in [3.8, 4) is 0 Å². The van der Waals surface area contributed by atoms with Gasteiger partial charge in [0.2, 0.25) is 0 Å². The highest BCUT2D eigenvalue weighted by molar-refractivity contribution is 7.92. The molecule has 1 amide bonds. The van der Waals surface area contributed by atoms with E-state index in [9.17, 15) is 26.4 Å². The summed E-state index contributed by atoms with van der Waals surface area (Å²) < 4.78 is 67.6. The van der Waals surface area contributed by atoms with E-state index in [0.29, 0.717) is 17.3 Å². The van der Waals surface area contributed by atoms with Crippen molar-refractivity contribution in [2.75, 3.05) is 10.0 Å². The van der Waals surface area contributed by atoms with Crippen LogP contribution in [0.15, 0.2) is 59.5 Å². The van der Waals surface area contributed by atoms with Gasteiger partial charge in [0.15, 0.2) is 0 Å². The van der Waals surface area contributed by atoms with Crippen LogP contribution < -0.4 is 10.0 Å². The number of hydrogen-bond acceptors (Lipinski definition) is 3. The van der Waals surface area contributed by atoms with E-state index >= 15 is 0 Å². The SMILES string of the molecule is Cc1ccc(C(=O)Nc2cc(C(F)(F)F)ccc2Cl)cc1S(=O)(=O)Nc1cccc(C)c1C. The molecular weight excluding hydrogens is 477 g/mol. The fourth-order valence-electron chi connectivity index (χ4n) is 3.08. The number of carbonyl (C=O) groups excluding carboxylic acids is 1. The third-order valence-corrected chi connectivity index (χ3v) is 6.97. The minimum atomic E-state index is -4.62. The molecule has 3 rings (SSSR count). The number of amides is 1.